The van der Waals surface area contributed by atoms with Gasteiger partial charge in [-0.05, 0) is 114 Å². The van der Waals surface area contributed by atoms with Gasteiger partial charge in [0.15, 0.2) is 0 Å². The zero-order valence-electron chi connectivity index (χ0n) is 32.3. The number of benzene rings is 10. The second kappa shape index (κ2) is 14.6. The number of imidazole rings is 1. The molecule has 2 heteroatoms. The molecule has 0 radical (unpaired) electrons. The van der Waals surface area contributed by atoms with Crippen molar-refractivity contribution in [2.45, 2.75) is 0 Å². The van der Waals surface area contributed by atoms with Crippen molar-refractivity contribution in [2.75, 3.05) is 0 Å². The summed E-state index contributed by atoms with van der Waals surface area (Å²) in [6.07, 6.45) is 0. The quantitative estimate of drug-likeness (QED) is 0.148. The number of para-hydroxylation sites is 3. The first-order valence-corrected chi connectivity index (χ1v) is 20.2. The Morgan fingerprint density at radius 2 is 0.797 bits per heavy atom. The van der Waals surface area contributed by atoms with E-state index < -0.39 is 0 Å². The lowest BCUT2D eigenvalue weighted by molar-refractivity contribution is 1.10. The maximum absolute atomic E-state index is 5.14. The van der Waals surface area contributed by atoms with Crippen LogP contribution in [0.5, 0.6) is 0 Å². The highest BCUT2D eigenvalue weighted by Crippen LogP contribution is 2.47. The summed E-state index contributed by atoms with van der Waals surface area (Å²) in [5.41, 5.74) is 16.3. The third-order valence-corrected chi connectivity index (χ3v) is 11.6. The molecule has 0 spiro atoms. The molecule has 2 nitrogen and oxygen atoms in total. The number of fused-ring (bicyclic) bond motifs is 3. The zero-order chi connectivity index (χ0) is 39.1. The summed E-state index contributed by atoms with van der Waals surface area (Å²) in [7, 11) is 0. The van der Waals surface area contributed by atoms with Crippen LogP contribution in [-0.4, -0.2) is 9.55 Å². The van der Waals surface area contributed by atoms with E-state index >= 15 is 0 Å². The average Bonchev–Trinajstić information content (AvgIpc) is 3.71. The van der Waals surface area contributed by atoms with E-state index in [2.05, 4.69) is 235 Å². The van der Waals surface area contributed by atoms with Crippen molar-refractivity contribution in [1.29, 1.82) is 0 Å². The SMILES string of the molecule is c1ccc(-c2cccc(-c3c4ccccc4c(-c4ccccc4-c4ccccc4)c4ccc(-c5ccc(-c6nc7ccccc7n6-c6ccccc6)cc5)cc34)c2)cc1. The van der Waals surface area contributed by atoms with Crippen LogP contribution in [0.15, 0.2) is 231 Å². The van der Waals surface area contributed by atoms with Crippen LogP contribution in [-0.2, 0) is 0 Å². The summed E-state index contributed by atoms with van der Waals surface area (Å²) in [5.74, 6) is 0.927. The molecule has 0 aliphatic rings. The molecule has 11 aromatic rings. The molecule has 0 aliphatic heterocycles. The van der Waals surface area contributed by atoms with Crippen molar-refractivity contribution in [3.8, 4) is 72.7 Å². The Morgan fingerprint density at radius 3 is 1.56 bits per heavy atom. The molecule has 0 N–H and O–H groups in total. The lowest BCUT2D eigenvalue weighted by atomic mass is 9.82. The van der Waals surface area contributed by atoms with E-state index in [1.54, 1.807) is 0 Å². The fourth-order valence-electron chi connectivity index (χ4n) is 8.88. The predicted molar refractivity (Wildman–Crippen MR) is 249 cm³/mol. The first-order chi connectivity index (χ1) is 29.3. The number of nitrogens with zero attached hydrogens (tertiary/aromatic N) is 2. The van der Waals surface area contributed by atoms with Gasteiger partial charge in [0, 0.05) is 11.3 Å². The van der Waals surface area contributed by atoms with Gasteiger partial charge in [-0.15, -0.1) is 0 Å². The van der Waals surface area contributed by atoms with Crippen LogP contribution in [0.4, 0.5) is 0 Å². The average molecular weight is 751 g/mol. The molecular weight excluding hydrogens is 713 g/mol. The fraction of sp³-hybridized carbons (Fsp3) is 0. The van der Waals surface area contributed by atoms with Crippen LogP contribution in [0.2, 0.25) is 0 Å². The van der Waals surface area contributed by atoms with Crippen molar-refractivity contribution >= 4 is 32.6 Å². The minimum atomic E-state index is 0.927. The lowest BCUT2D eigenvalue weighted by Crippen LogP contribution is -1.97. The van der Waals surface area contributed by atoms with Gasteiger partial charge in [0.2, 0.25) is 0 Å². The molecule has 0 bridgehead atoms. The van der Waals surface area contributed by atoms with Gasteiger partial charge in [-0.1, -0.05) is 194 Å². The first-order valence-electron chi connectivity index (χ1n) is 20.2. The molecule has 0 saturated heterocycles. The summed E-state index contributed by atoms with van der Waals surface area (Å²) in [5, 5.41) is 4.92. The van der Waals surface area contributed by atoms with Crippen LogP contribution in [0.3, 0.4) is 0 Å². The van der Waals surface area contributed by atoms with Gasteiger partial charge in [0.25, 0.3) is 0 Å². The lowest BCUT2D eigenvalue weighted by Gasteiger charge is -2.21. The topological polar surface area (TPSA) is 17.8 Å². The maximum Gasteiger partial charge on any atom is 0.145 e. The largest absolute Gasteiger partial charge is 0.292 e. The molecule has 276 valence electrons. The van der Waals surface area contributed by atoms with Crippen molar-refractivity contribution in [2.24, 2.45) is 0 Å². The van der Waals surface area contributed by atoms with Crippen molar-refractivity contribution in [3.05, 3.63) is 231 Å². The number of aromatic nitrogens is 2. The summed E-state index contributed by atoms with van der Waals surface area (Å²) in [4.78, 5) is 5.14. The van der Waals surface area contributed by atoms with Gasteiger partial charge in [-0.2, -0.15) is 0 Å². The van der Waals surface area contributed by atoms with Crippen LogP contribution in [0.1, 0.15) is 0 Å². The number of rotatable bonds is 7. The zero-order valence-corrected chi connectivity index (χ0v) is 32.3. The minimum absolute atomic E-state index is 0.927. The van der Waals surface area contributed by atoms with Gasteiger partial charge < -0.3 is 0 Å². The van der Waals surface area contributed by atoms with Crippen molar-refractivity contribution in [3.63, 3.8) is 0 Å². The third kappa shape index (κ3) is 6.10. The molecule has 0 fully saturated rings. The van der Waals surface area contributed by atoms with Gasteiger partial charge in [0.1, 0.15) is 5.82 Å². The molecule has 1 aromatic heterocycles. The molecule has 0 amide bonds. The second-order valence-corrected chi connectivity index (χ2v) is 15.1. The highest BCUT2D eigenvalue weighted by molar-refractivity contribution is 6.23. The standard InChI is InChI=1S/C57H38N2/c1-4-17-39(18-5-1)43-21-16-22-45(37-43)55-49-27-12-13-28-50(49)56(48-26-11-10-25-47(48)41-19-6-2-7-20-41)51-36-35-44(38-52(51)55)40-31-33-42(34-32-40)57-58-53-29-14-15-30-54(53)59(57)46-23-8-3-9-24-46/h1-38H. The summed E-state index contributed by atoms with van der Waals surface area (Å²) >= 11 is 0. The Labute approximate surface area is 344 Å². The molecule has 0 atom stereocenters. The molecular formula is C57H38N2. The second-order valence-electron chi connectivity index (χ2n) is 15.1. The van der Waals surface area contributed by atoms with E-state index in [0.29, 0.717) is 0 Å². The molecule has 1 heterocycles. The highest BCUT2D eigenvalue weighted by atomic mass is 15.1. The number of hydrogen-bond donors (Lipinski definition) is 0. The molecule has 10 aromatic carbocycles. The summed E-state index contributed by atoms with van der Waals surface area (Å²) < 4.78 is 2.26. The molecule has 0 saturated carbocycles. The fourth-order valence-corrected chi connectivity index (χ4v) is 8.88. The van der Waals surface area contributed by atoms with Gasteiger partial charge in [-0.3, -0.25) is 4.57 Å². The monoisotopic (exact) mass is 750 g/mol. The normalized spacial score (nSPS) is 11.4. The van der Waals surface area contributed by atoms with Crippen molar-refractivity contribution < 1.29 is 0 Å². The van der Waals surface area contributed by atoms with Crippen LogP contribution >= 0.6 is 0 Å². The van der Waals surface area contributed by atoms with Gasteiger partial charge in [-0.25, -0.2) is 4.98 Å². The van der Waals surface area contributed by atoms with E-state index in [0.717, 1.165) is 33.7 Å². The smallest absolute Gasteiger partial charge is 0.145 e. The molecule has 11 rings (SSSR count). The predicted octanol–water partition coefficient (Wildman–Crippen LogP) is 15.3. The van der Waals surface area contributed by atoms with E-state index in [4.69, 9.17) is 4.98 Å². The number of hydrogen-bond acceptors (Lipinski definition) is 1. The Kier molecular flexibility index (Phi) is 8.52. The van der Waals surface area contributed by atoms with Crippen LogP contribution in [0.25, 0.3) is 105 Å². The maximum atomic E-state index is 5.14. The van der Waals surface area contributed by atoms with E-state index in [1.807, 2.05) is 0 Å². The summed E-state index contributed by atoms with van der Waals surface area (Å²) in [6.45, 7) is 0. The Bertz CT molecular complexity index is 3290. The minimum Gasteiger partial charge on any atom is -0.292 e. The van der Waals surface area contributed by atoms with Gasteiger partial charge in [0.05, 0.1) is 11.0 Å². The van der Waals surface area contributed by atoms with Crippen LogP contribution < -0.4 is 0 Å². The van der Waals surface area contributed by atoms with E-state index in [-0.39, 0.29) is 0 Å². The van der Waals surface area contributed by atoms with E-state index in [1.165, 1.54) is 71.6 Å². The molecule has 0 aliphatic carbocycles. The molecule has 0 unspecified atom stereocenters. The third-order valence-electron chi connectivity index (χ3n) is 11.6. The van der Waals surface area contributed by atoms with Crippen molar-refractivity contribution in [1.82, 2.24) is 9.55 Å². The highest BCUT2D eigenvalue weighted by Gasteiger charge is 2.20. The Balaban J connectivity index is 1.13. The van der Waals surface area contributed by atoms with Gasteiger partial charge >= 0.3 is 0 Å². The summed E-state index contributed by atoms with van der Waals surface area (Å²) in [6, 6.07) is 83.1. The van der Waals surface area contributed by atoms with Crippen LogP contribution in [0, 0.1) is 0 Å². The Morgan fingerprint density at radius 1 is 0.288 bits per heavy atom. The van der Waals surface area contributed by atoms with E-state index in [9.17, 15) is 0 Å². The first kappa shape index (κ1) is 34.4. The Hall–Kier alpha value is -7.81. The molecule has 59 heavy (non-hydrogen) atoms.